The maximum absolute atomic E-state index is 6.77. The van der Waals surface area contributed by atoms with Gasteiger partial charge in [0.2, 0.25) is 5.95 Å². The maximum atomic E-state index is 6.77. The molecular formula is C3H6N5. The fourth-order valence-electron chi connectivity index (χ4n) is 0.392. The highest BCUT2D eigenvalue weighted by molar-refractivity contribution is 5.11. The van der Waals surface area contributed by atoms with Crippen LogP contribution in [0.25, 0.3) is 0 Å². The molecule has 0 spiro atoms. The average Bonchev–Trinajstić information content (AvgIpc) is 2.14. The van der Waals surface area contributed by atoms with Crippen LogP contribution in [0.15, 0.2) is 0 Å². The van der Waals surface area contributed by atoms with E-state index in [0.29, 0.717) is 5.82 Å². The second-order valence-corrected chi connectivity index (χ2v) is 1.33. The van der Waals surface area contributed by atoms with Crippen molar-refractivity contribution in [2.75, 3.05) is 5.73 Å². The van der Waals surface area contributed by atoms with Crippen molar-refractivity contribution >= 4 is 5.95 Å². The van der Waals surface area contributed by atoms with Crippen LogP contribution in [0.1, 0.15) is 5.82 Å². The molecule has 0 atom stereocenters. The van der Waals surface area contributed by atoms with Crippen molar-refractivity contribution in [1.82, 2.24) is 20.9 Å². The number of aromatic amines is 1. The summed E-state index contributed by atoms with van der Waals surface area (Å²) in [6, 6.07) is 0. The zero-order valence-electron chi connectivity index (χ0n) is 4.18. The summed E-state index contributed by atoms with van der Waals surface area (Å²) in [5, 5.41) is 6.96. The molecule has 1 heterocycles. The molecule has 0 amide bonds. The van der Waals surface area contributed by atoms with Gasteiger partial charge in [-0.2, -0.15) is 0 Å². The minimum atomic E-state index is 0.101. The molecule has 1 rings (SSSR count). The molecule has 4 N–H and O–H groups in total. The molecule has 0 saturated heterocycles. The van der Waals surface area contributed by atoms with Gasteiger partial charge in [-0.3, -0.25) is 0 Å². The van der Waals surface area contributed by atoms with E-state index in [1.54, 1.807) is 0 Å². The molecule has 0 unspecified atom stereocenters. The van der Waals surface area contributed by atoms with Gasteiger partial charge in [0.1, 0.15) is 5.82 Å². The molecule has 1 aromatic heterocycles. The van der Waals surface area contributed by atoms with Crippen LogP contribution in [-0.2, 0) is 6.54 Å². The molecule has 0 saturated carbocycles. The molecule has 0 aliphatic carbocycles. The largest absolute Gasteiger partial charge is 0.368 e. The predicted molar refractivity (Wildman–Crippen MR) is 27.6 cm³/mol. The number of nitrogen functional groups attached to an aromatic ring is 1. The van der Waals surface area contributed by atoms with Crippen molar-refractivity contribution < 1.29 is 0 Å². The first kappa shape index (κ1) is 5.04. The third-order valence-corrected chi connectivity index (χ3v) is 0.718. The molecule has 0 fully saturated rings. The fourth-order valence-corrected chi connectivity index (χ4v) is 0.392. The van der Waals surface area contributed by atoms with Gasteiger partial charge in [0.15, 0.2) is 0 Å². The number of hydrogen-bond acceptors (Lipinski definition) is 3. The van der Waals surface area contributed by atoms with Crippen LogP contribution in [-0.4, -0.2) is 15.2 Å². The zero-order chi connectivity index (χ0) is 5.98. The van der Waals surface area contributed by atoms with E-state index < -0.39 is 0 Å². The third kappa shape index (κ3) is 0.760. The summed E-state index contributed by atoms with van der Waals surface area (Å²) in [5.74, 6) is 0.773. The Labute approximate surface area is 46.1 Å². The van der Waals surface area contributed by atoms with Crippen LogP contribution >= 0.6 is 0 Å². The monoisotopic (exact) mass is 112 g/mol. The van der Waals surface area contributed by atoms with Crippen molar-refractivity contribution in [3.8, 4) is 0 Å². The summed E-state index contributed by atoms with van der Waals surface area (Å²) in [5.41, 5.74) is 11.9. The Hall–Kier alpha value is -1.10. The van der Waals surface area contributed by atoms with Crippen molar-refractivity contribution in [3.63, 3.8) is 0 Å². The Balaban J connectivity index is 2.84. The van der Waals surface area contributed by atoms with E-state index in [2.05, 4.69) is 15.2 Å². The Bertz CT molecular complexity index is 168. The lowest BCUT2D eigenvalue weighted by molar-refractivity contribution is 0.895. The maximum Gasteiger partial charge on any atom is 0.219 e. The quantitative estimate of drug-likeness (QED) is 0.496. The summed E-state index contributed by atoms with van der Waals surface area (Å²) < 4.78 is 0. The van der Waals surface area contributed by atoms with Crippen LogP contribution in [0.2, 0.25) is 0 Å². The molecule has 43 valence electrons. The van der Waals surface area contributed by atoms with Crippen molar-refractivity contribution in [3.05, 3.63) is 5.82 Å². The number of H-pyrrole nitrogens is 1. The number of nitrogens with two attached hydrogens (primary N) is 1. The number of anilines is 1. The van der Waals surface area contributed by atoms with E-state index in [-0.39, 0.29) is 12.5 Å². The Morgan fingerprint density at radius 1 is 1.62 bits per heavy atom. The SMILES string of the molecule is [NH]Cc1nnc(N)[nH]1. The zero-order valence-corrected chi connectivity index (χ0v) is 4.18. The molecule has 8 heavy (non-hydrogen) atoms. The summed E-state index contributed by atoms with van der Waals surface area (Å²) in [4.78, 5) is 2.59. The van der Waals surface area contributed by atoms with Gasteiger partial charge < -0.3 is 10.7 Å². The molecule has 1 radical (unpaired) electrons. The van der Waals surface area contributed by atoms with Crippen LogP contribution in [0.3, 0.4) is 0 Å². The predicted octanol–water partition coefficient (Wildman–Crippen LogP) is -0.830. The normalized spacial score (nSPS) is 9.62. The lowest BCUT2D eigenvalue weighted by Gasteiger charge is -1.78. The molecule has 0 aliphatic rings. The first-order valence-electron chi connectivity index (χ1n) is 2.14. The van der Waals surface area contributed by atoms with Crippen LogP contribution in [0.4, 0.5) is 5.95 Å². The number of aromatic nitrogens is 3. The molecular weight excluding hydrogens is 106 g/mol. The summed E-state index contributed by atoms with van der Waals surface area (Å²) in [6.45, 7) is 0.101. The standard InChI is InChI=1S/C3H6N5/c4-1-2-6-3(5)8-7-2/h4H,1H2,(H3,5,6,7,8). The average molecular weight is 112 g/mol. The van der Waals surface area contributed by atoms with Gasteiger partial charge in [0.05, 0.1) is 6.54 Å². The first-order valence-corrected chi connectivity index (χ1v) is 2.14. The first-order chi connectivity index (χ1) is 3.83. The van der Waals surface area contributed by atoms with Crippen molar-refractivity contribution in [1.29, 1.82) is 0 Å². The summed E-state index contributed by atoms with van der Waals surface area (Å²) >= 11 is 0. The minimum Gasteiger partial charge on any atom is -0.368 e. The highest BCUT2D eigenvalue weighted by atomic mass is 15.3. The van der Waals surface area contributed by atoms with Crippen molar-refractivity contribution in [2.45, 2.75) is 6.54 Å². The molecule has 5 heteroatoms. The van der Waals surface area contributed by atoms with Crippen molar-refractivity contribution in [2.24, 2.45) is 0 Å². The number of hydrogen-bond donors (Lipinski definition) is 2. The Kier molecular flexibility index (Phi) is 1.13. The summed E-state index contributed by atoms with van der Waals surface area (Å²) in [7, 11) is 0. The minimum absolute atomic E-state index is 0.101. The molecule has 0 aromatic carbocycles. The van der Waals surface area contributed by atoms with Gasteiger partial charge >= 0.3 is 0 Å². The fraction of sp³-hybridized carbons (Fsp3) is 0.333. The van der Waals surface area contributed by atoms with E-state index in [4.69, 9.17) is 11.5 Å². The topological polar surface area (TPSA) is 91.4 Å². The summed E-state index contributed by atoms with van der Waals surface area (Å²) in [6.07, 6.45) is 0. The number of rotatable bonds is 1. The van der Waals surface area contributed by atoms with Gasteiger partial charge in [-0.1, -0.05) is 0 Å². The van der Waals surface area contributed by atoms with E-state index in [9.17, 15) is 0 Å². The number of nitrogens with one attached hydrogen (secondary N) is 2. The van der Waals surface area contributed by atoms with Gasteiger partial charge in [-0.25, -0.2) is 5.73 Å². The molecule has 1 aromatic rings. The van der Waals surface area contributed by atoms with E-state index in [0.717, 1.165) is 0 Å². The second kappa shape index (κ2) is 1.79. The van der Waals surface area contributed by atoms with Crippen LogP contribution in [0, 0.1) is 0 Å². The van der Waals surface area contributed by atoms with E-state index in [1.807, 2.05) is 0 Å². The van der Waals surface area contributed by atoms with Gasteiger partial charge in [-0.05, 0) is 0 Å². The van der Waals surface area contributed by atoms with Crippen LogP contribution < -0.4 is 11.5 Å². The van der Waals surface area contributed by atoms with Gasteiger partial charge in [0.25, 0.3) is 0 Å². The van der Waals surface area contributed by atoms with E-state index in [1.165, 1.54) is 0 Å². The highest BCUT2D eigenvalue weighted by Gasteiger charge is 1.92. The molecule has 5 nitrogen and oxygen atoms in total. The number of nitrogens with zero attached hydrogens (tertiary/aromatic N) is 2. The molecule has 0 aliphatic heterocycles. The van der Waals surface area contributed by atoms with Gasteiger partial charge in [0, 0.05) is 0 Å². The highest BCUT2D eigenvalue weighted by Crippen LogP contribution is 1.89. The Morgan fingerprint density at radius 2 is 2.38 bits per heavy atom. The lowest BCUT2D eigenvalue weighted by atomic mass is 10.6. The lowest BCUT2D eigenvalue weighted by Crippen LogP contribution is -1.88. The Morgan fingerprint density at radius 3 is 2.62 bits per heavy atom. The second-order valence-electron chi connectivity index (χ2n) is 1.33. The third-order valence-electron chi connectivity index (χ3n) is 0.718. The smallest absolute Gasteiger partial charge is 0.219 e. The van der Waals surface area contributed by atoms with Gasteiger partial charge in [-0.15, -0.1) is 10.2 Å². The van der Waals surface area contributed by atoms with E-state index >= 15 is 0 Å². The van der Waals surface area contributed by atoms with Crippen LogP contribution in [0.5, 0.6) is 0 Å². The molecule has 0 bridgehead atoms.